The molecule has 1 saturated heterocycles. The minimum Gasteiger partial charge on any atom is -0.493 e. The van der Waals surface area contributed by atoms with E-state index >= 15 is 0 Å². The molecule has 1 aromatic rings. The van der Waals surface area contributed by atoms with E-state index in [9.17, 15) is 4.79 Å². The molecule has 1 fully saturated rings. The van der Waals surface area contributed by atoms with E-state index in [1.165, 1.54) is 57.8 Å². The molecular formula is C22H33NO4. The van der Waals surface area contributed by atoms with Gasteiger partial charge in [0.25, 0.3) is 0 Å². The number of unbranched alkanes of at least 4 members (excludes halogenated alkanes) is 3. The zero-order chi connectivity index (χ0) is 19.3. The Kier molecular flexibility index (Phi) is 9.77. The van der Waals surface area contributed by atoms with E-state index in [2.05, 4.69) is 4.90 Å². The second kappa shape index (κ2) is 12.4. The number of carbonyl (C=O) groups excluding carboxylic acids is 1. The molecule has 1 aliphatic rings. The number of hydrogen-bond acceptors (Lipinski definition) is 5. The quantitative estimate of drug-likeness (QED) is 0.310. The van der Waals surface area contributed by atoms with Gasteiger partial charge in [0.15, 0.2) is 11.5 Å². The van der Waals surface area contributed by atoms with Crippen LogP contribution in [0, 0.1) is 0 Å². The van der Waals surface area contributed by atoms with Crippen molar-refractivity contribution in [2.75, 3.05) is 40.0 Å². The van der Waals surface area contributed by atoms with Gasteiger partial charge in [0.1, 0.15) is 0 Å². The maximum absolute atomic E-state index is 11.4. The van der Waals surface area contributed by atoms with Crippen LogP contribution in [0.3, 0.4) is 0 Å². The Labute approximate surface area is 163 Å². The van der Waals surface area contributed by atoms with Crippen molar-refractivity contribution in [3.8, 4) is 11.5 Å². The fourth-order valence-electron chi connectivity index (χ4n) is 3.24. The number of benzene rings is 1. The molecule has 1 aromatic carbocycles. The van der Waals surface area contributed by atoms with Crippen molar-refractivity contribution in [1.82, 2.24) is 4.90 Å². The molecule has 27 heavy (non-hydrogen) atoms. The number of nitrogens with zero attached hydrogens (tertiary/aromatic N) is 1. The van der Waals surface area contributed by atoms with Crippen LogP contribution < -0.4 is 9.47 Å². The number of ether oxygens (including phenoxy) is 3. The molecule has 0 spiro atoms. The molecule has 1 heterocycles. The molecule has 0 saturated carbocycles. The van der Waals surface area contributed by atoms with Crippen LogP contribution in [0.25, 0.3) is 6.08 Å². The van der Waals surface area contributed by atoms with Gasteiger partial charge in [-0.15, -0.1) is 0 Å². The largest absolute Gasteiger partial charge is 0.493 e. The molecule has 0 aliphatic carbocycles. The molecule has 0 aromatic heterocycles. The van der Waals surface area contributed by atoms with Gasteiger partial charge in [-0.3, -0.25) is 0 Å². The van der Waals surface area contributed by atoms with Crippen LogP contribution in [0.2, 0.25) is 0 Å². The van der Waals surface area contributed by atoms with Crippen LogP contribution in [0.4, 0.5) is 0 Å². The maximum atomic E-state index is 11.4. The van der Waals surface area contributed by atoms with Gasteiger partial charge < -0.3 is 19.1 Å². The normalized spacial score (nSPS) is 14.6. The fraction of sp³-hybridized carbons (Fsp3) is 0.591. The summed E-state index contributed by atoms with van der Waals surface area (Å²) >= 11 is 0. The third-order valence-electron chi connectivity index (χ3n) is 4.71. The van der Waals surface area contributed by atoms with E-state index in [-0.39, 0.29) is 5.97 Å². The fourth-order valence-corrected chi connectivity index (χ4v) is 3.24. The zero-order valence-electron chi connectivity index (χ0n) is 16.7. The molecule has 0 unspecified atom stereocenters. The summed E-state index contributed by atoms with van der Waals surface area (Å²) in [7, 11) is 1.62. The van der Waals surface area contributed by atoms with Gasteiger partial charge in [-0.1, -0.05) is 18.9 Å². The van der Waals surface area contributed by atoms with Crippen molar-refractivity contribution in [3.05, 3.63) is 29.8 Å². The third-order valence-corrected chi connectivity index (χ3v) is 4.71. The standard InChI is InChI=1S/C22H33NO4/c1-3-26-22(24)13-11-19-10-12-20(21(18-19)25-2)27-17-9-5-4-6-14-23-15-7-8-16-23/h10-13,18H,3-9,14-17H2,1-2H3/b13-11+. The summed E-state index contributed by atoms with van der Waals surface area (Å²) in [6.45, 7) is 6.67. The Morgan fingerprint density at radius 2 is 1.89 bits per heavy atom. The van der Waals surface area contributed by atoms with E-state index in [0.29, 0.717) is 19.0 Å². The molecule has 0 atom stereocenters. The second-order valence-electron chi connectivity index (χ2n) is 6.81. The third kappa shape index (κ3) is 8.04. The Morgan fingerprint density at radius 3 is 2.63 bits per heavy atom. The summed E-state index contributed by atoms with van der Waals surface area (Å²) in [5.74, 6) is 1.07. The van der Waals surface area contributed by atoms with Crippen LogP contribution in [-0.4, -0.2) is 50.8 Å². The van der Waals surface area contributed by atoms with Crippen LogP contribution in [0.1, 0.15) is 51.0 Å². The lowest BCUT2D eigenvalue weighted by Crippen LogP contribution is -2.20. The van der Waals surface area contributed by atoms with Crippen molar-refractivity contribution in [2.24, 2.45) is 0 Å². The molecular weight excluding hydrogens is 342 g/mol. The average Bonchev–Trinajstić information content (AvgIpc) is 3.20. The SMILES string of the molecule is CCOC(=O)/C=C/c1ccc(OCCCCCCN2CCCC2)c(OC)c1. The van der Waals surface area contributed by atoms with Gasteiger partial charge in [0, 0.05) is 6.08 Å². The second-order valence-corrected chi connectivity index (χ2v) is 6.81. The smallest absolute Gasteiger partial charge is 0.330 e. The number of hydrogen-bond donors (Lipinski definition) is 0. The molecule has 5 heteroatoms. The lowest BCUT2D eigenvalue weighted by molar-refractivity contribution is -0.137. The number of rotatable bonds is 12. The first-order valence-electron chi connectivity index (χ1n) is 10.1. The van der Waals surface area contributed by atoms with E-state index in [0.717, 1.165) is 17.7 Å². The van der Waals surface area contributed by atoms with E-state index in [1.54, 1.807) is 20.1 Å². The summed E-state index contributed by atoms with van der Waals surface area (Å²) in [6.07, 6.45) is 10.6. The van der Waals surface area contributed by atoms with Gasteiger partial charge >= 0.3 is 5.97 Å². The van der Waals surface area contributed by atoms with Crippen molar-refractivity contribution < 1.29 is 19.0 Å². The molecule has 1 aliphatic heterocycles. The highest BCUT2D eigenvalue weighted by Gasteiger charge is 2.10. The summed E-state index contributed by atoms with van der Waals surface area (Å²) in [5.41, 5.74) is 0.870. The van der Waals surface area contributed by atoms with Crippen molar-refractivity contribution in [2.45, 2.75) is 45.4 Å². The Bertz CT molecular complexity index is 594. The van der Waals surface area contributed by atoms with Gasteiger partial charge in [-0.05, 0) is 76.0 Å². The average molecular weight is 376 g/mol. The highest BCUT2D eigenvalue weighted by atomic mass is 16.5. The Morgan fingerprint density at radius 1 is 1.11 bits per heavy atom. The van der Waals surface area contributed by atoms with E-state index in [4.69, 9.17) is 14.2 Å². The topological polar surface area (TPSA) is 48.0 Å². The van der Waals surface area contributed by atoms with Crippen molar-refractivity contribution in [3.63, 3.8) is 0 Å². The first-order valence-corrected chi connectivity index (χ1v) is 10.1. The van der Waals surface area contributed by atoms with Crippen molar-refractivity contribution in [1.29, 1.82) is 0 Å². The number of likely N-dealkylation sites (tertiary alicyclic amines) is 1. The molecule has 2 rings (SSSR count). The van der Waals surface area contributed by atoms with Crippen LogP contribution in [-0.2, 0) is 9.53 Å². The molecule has 5 nitrogen and oxygen atoms in total. The molecule has 150 valence electrons. The monoisotopic (exact) mass is 375 g/mol. The summed E-state index contributed by atoms with van der Waals surface area (Å²) in [6, 6.07) is 5.65. The van der Waals surface area contributed by atoms with E-state index in [1.807, 2.05) is 18.2 Å². The number of methoxy groups -OCH3 is 1. The van der Waals surface area contributed by atoms with Crippen LogP contribution in [0.5, 0.6) is 11.5 Å². The highest BCUT2D eigenvalue weighted by molar-refractivity contribution is 5.87. The molecule has 0 amide bonds. The minimum atomic E-state index is -0.346. The van der Waals surface area contributed by atoms with Gasteiger partial charge in [0.2, 0.25) is 0 Å². The van der Waals surface area contributed by atoms with Crippen molar-refractivity contribution >= 4 is 12.0 Å². The minimum absolute atomic E-state index is 0.346. The maximum Gasteiger partial charge on any atom is 0.330 e. The number of esters is 1. The van der Waals surface area contributed by atoms with Crippen LogP contribution >= 0.6 is 0 Å². The highest BCUT2D eigenvalue weighted by Crippen LogP contribution is 2.28. The first kappa shape index (κ1) is 21.3. The molecule has 0 bridgehead atoms. The van der Waals surface area contributed by atoms with Crippen LogP contribution in [0.15, 0.2) is 24.3 Å². The lowest BCUT2D eigenvalue weighted by atomic mass is 10.2. The predicted octanol–water partition coefficient (Wildman–Crippen LogP) is 4.31. The number of carbonyl (C=O) groups is 1. The summed E-state index contributed by atoms with van der Waals surface area (Å²) < 4.78 is 16.2. The van der Waals surface area contributed by atoms with Gasteiger partial charge in [-0.25, -0.2) is 4.79 Å². The van der Waals surface area contributed by atoms with Gasteiger partial charge in [0.05, 0.1) is 20.3 Å². The lowest BCUT2D eigenvalue weighted by Gasteiger charge is -2.14. The Hall–Kier alpha value is -2.01. The summed E-state index contributed by atoms with van der Waals surface area (Å²) in [5, 5.41) is 0. The predicted molar refractivity (Wildman–Crippen MR) is 108 cm³/mol. The molecule has 0 N–H and O–H groups in total. The zero-order valence-corrected chi connectivity index (χ0v) is 16.7. The van der Waals surface area contributed by atoms with Gasteiger partial charge in [-0.2, -0.15) is 0 Å². The van der Waals surface area contributed by atoms with E-state index < -0.39 is 0 Å². The summed E-state index contributed by atoms with van der Waals surface area (Å²) in [4.78, 5) is 14.0. The first-order chi connectivity index (χ1) is 13.2. The molecule has 0 radical (unpaired) electrons. The Balaban J connectivity index is 1.68.